The van der Waals surface area contributed by atoms with E-state index in [4.69, 9.17) is 5.73 Å². The van der Waals surface area contributed by atoms with E-state index in [1.165, 1.54) is 0 Å². The van der Waals surface area contributed by atoms with Gasteiger partial charge in [-0.2, -0.15) is 0 Å². The standard InChI is InChI=1S/C15H22N2O2/c1-11(2)10-14(16)15(19)17-13-7-5-12(6-8-13)4-3-9-18/h5-9,11,14H,3-4,10,16H2,1-2H3,(H,17,19)/t14-/m0/s1. The van der Waals surface area contributed by atoms with E-state index in [-0.39, 0.29) is 5.91 Å². The summed E-state index contributed by atoms with van der Waals surface area (Å²) in [4.78, 5) is 22.1. The molecule has 0 aliphatic heterocycles. The van der Waals surface area contributed by atoms with Gasteiger partial charge in [0.25, 0.3) is 0 Å². The molecule has 3 N–H and O–H groups in total. The van der Waals surface area contributed by atoms with Crippen LogP contribution in [0.15, 0.2) is 24.3 Å². The molecule has 19 heavy (non-hydrogen) atoms. The average Bonchev–Trinajstić information content (AvgIpc) is 2.37. The summed E-state index contributed by atoms with van der Waals surface area (Å²) in [6, 6.07) is 7.01. The molecule has 0 heterocycles. The van der Waals surface area contributed by atoms with E-state index >= 15 is 0 Å². The van der Waals surface area contributed by atoms with Crippen molar-refractivity contribution in [3.05, 3.63) is 29.8 Å². The molecule has 0 radical (unpaired) electrons. The van der Waals surface area contributed by atoms with Gasteiger partial charge in [-0.15, -0.1) is 0 Å². The predicted octanol–water partition coefficient (Wildman–Crippen LogP) is 2.13. The van der Waals surface area contributed by atoms with Gasteiger partial charge in [0.2, 0.25) is 5.91 Å². The van der Waals surface area contributed by atoms with E-state index in [2.05, 4.69) is 5.32 Å². The van der Waals surface area contributed by atoms with Gasteiger partial charge in [-0.25, -0.2) is 0 Å². The second-order valence-electron chi connectivity index (χ2n) is 5.13. The third-order valence-corrected chi connectivity index (χ3v) is 2.83. The molecule has 0 aliphatic carbocycles. The second-order valence-corrected chi connectivity index (χ2v) is 5.13. The van der Waals surface area contributed by atoms with Gasteiger partial charge >= 0.3 is 0 Å². The van der Waals surface area contributed by atoms with Crippen LogP contribution in [-0.4, -0.2) is 18.2 Å². The number of hydrogen-bond donors (Lipinski definition) is 2. The van der Waals surface area contributed by atoms with E-state index in [0.29, 0.717) is 18.8 Å². The lowest BCUT2D eigenvalue weighted by Crippen LogP contribution is -2.36. The topological polar surface area (TPSA) is 72.2 Å². The molecule has 1 aromatic rings. The molecule has 1 rings (SSSR count). The molecule has 4 heteroatoms. The Morgan fingerprint density at radius 3 is 2.47 bits per heavy atom. The summed E-state index contributed by atoms with van der Waals surface area (Å²) >= 11 is 0. The van der Waals surface area contributed by atoms with E-state index in [9.17, 15) is 9.59 Å². The first-order valence-electron chi connectivity index (χ1n) is 6.62. The lowest BCUT2D eigenvalue weighted by Gasteiger charge is -2.14. The zero-order chi connectivity index (χ0) is 14.3. The van der Waals surface area contributed by atoms with Crippen molar-refractivity contribution in [2.45, 2.75) is 39.2 Å². The van der Waals surface area contributed by atoms with Gasteiger partial charge in [0.1, 0.15) is 6.29 Å². The third-order valence-electron chi connectivity index (χ3n) is 2.83. The Balaban J connectivity index is 2.52. The zero-order valence-corrected chi connectivity index (χ0v) is 11.6. The molecular weight excluding hydrogens is 240 g/mol. The van der Waals surface area contributed by atoms with Crippen LogP contribution >= 0.6 is 0 Å². The van der Waals surface area contributed by atoms with Crippen molar-refractivity contribution in [1.29, 1.82) is 0 Å². The summed E-state index contributed by atoms with van der Waals surface area (Å²) in [5, 5.41) is 2.80. The maximum absolute atomic E-state index is 11.8. The Hall–Kier alpha value is -1.68. The van der Waals surface area contributed by atoms with Gasteiger partial charge in [0, 0.05) is 12.1 Å². The van der Waals surface area contributed by atoms with Crippen LogP contribution in [0, 0.1) is 5.92 Å². The molecule has 0 spiro atoms. The van der Waals surface area contributed by atoms with Crippen molar-refractivity contribution >= 4 is 17.9 Å². The largest absolute Gasteiger partial charge is 0.325 e. The maximum Gasteiger partial charge on any atom is 0.241 e. The van der Waals surface area contributed by atoms with Crippen LogP contribution in [0.1, 0.15) is 32.3 Å². The fraction of sp³-hybridized carbons (Fsp3) is 0.467. The predicted molar refractivity (Wildman–Crippen MR) is 76.9 cm³/mol. The second kappa shape index (κ2) is 7.69. The molecule has 0 saturated heterocycles. The third kappa shape index (κ3) is 5.66. The highest BCUT2D eigenvalue weighted by Gasteiger charge is 2.14. The number of benzene rings is 1. The molecule has 0 fully saturated rings. The molecule has 0 saturated carbocycles. The van der Waals surface area contributed by atoms with Crippen molar-refractivity contribution in [1.82, 2.24) is 0 Å². The normalized spacial score (nSPS) is 12.2. The van der Waals surface area contributed by atoms with E-state index in [1.807, 2.05) is 38.1 Å². The maximum atomic E-state index is 11.8. The SMILES string of the molecule is CC(C)C[C@H](N)C(=O)Nc1ccc(CCC=O)cc1. The van der Waals surface area contributed by atoms with E-state index in [1.54, 1.807) is 0 Å². The van der Waals surface area contributed by atoms with Crippen LogP contribution in [0.2, 0.25) is 0 Å². The summed E-state index contributed by atoms with van der Waals surface area (Å²) in [7, 11) is 0. The fourth-order valence-electron chi connectivity index (χ4n) is 1.83. The zero-order valence-electron chi connectivity index (χ0n) is 11.6. The van der Waals surface area contributed by atoms with Crippen LogP contribution < -0.4 is 11.1 Å². The van der Waals surface area contributed by atoms with Crippen molar-refractivity contribution in [2.75, 3.05) is 5.32 Å². The summed E-state index contributed by atoms with van der Waals surface area (Å²) in [5.41, 5.74) is 7.63. The Bertz CT molecular complexity index is 413. The quantitative estimate of drug-likeness (QED) is 0.739. The smallest absolute Gasteiger partial charge is 0.241 e. The number of anilines is 1. The van der Waals surface area contributed by atoms with Crippen LogP contribution in [0.5, 0.6) is 0 Å². The molecule has 104 valence electrons. The van der Waals surface area contributed by atoms with Gasteiger partial charge < -0.3 is 15.8 Å². The molecule has 0 aromatic heterocycles. The van der Waals surface area contributed by atoms with E-state index in [0.717, 1.165) is 24.0 Å². The first-order chi connectivity index (χ1) is 9.02. The van der Waals surface area contributed by atoms with Gasteiger partial charge in [0.05, 0.1) is 6.04 Å². The summed E-state index contributed by atoms with van der Waals surface area (Å²) in [6.45, 7) is 4.07. The molecule has 4 nitrogen and oxygen atoms in total. The van der Waals surface area contributed by atoms with Crippen LogP contribution in [0.4, 0.5) is 5.69 Å². The number of nitrogens with two attached hydrogens (primary N) is 1. The fourth-order valence-corrected chi connectivity index (χ4v) is 1.83. The number of amides is 1. The van der Waals surface area contributed by atoms with Gasteiger partial charge in [0.15, 0.2) is 0 Å². The van der Waals surface area contributed by atoms with Crippen molar-refractivity contribution in [3.8, 4) is 0 Å². The molecule has 1 amide bonds. The van der Waals surface area contributed by atoms with Crippen LogP contribution in [0.25, 0.3) is 0 Å². The summed E-state index contributed by atoms with van der Waals surface area (Å²) < 4.78 is 0. The van der Waals surface area contributed by atoms with Crippen molar-refractivity contribution in [3.63, 3.8) is 0 Å². The van der Waals surface area contributed by atoms with Gasteiger partial charge in [-0.1, -0.05) is 26.0 Å². The molecule has 0 aliphatic rings. The highest BCUT2D eigenvalue weighted by molar-refractivity contribution is 5.94. The number of rotatable bonds is 7. The van der Waals surface area contributed by atoms with Crippen molar-refractivity contribution < 1.29 is 9.59 Å². The first kappa shape index (κ1) is 15.4. The number of aryl methyl sites for hydroxylation is 1. The lowest BCUT2D eigenvalue weighted by molar-refractivity contribution is -0.117. The lowest BCUT2D eigenvalue weighted by atomic mass is 10.0. The number of carbonyl (C=O) groups is 2. The number of carbonyl (C=O) groups excluding carboxylic acids is 2. The molecule has 0 unspecified atom stereocenters. The monoisotopic (exact) mass is 262 g/mol. The van der Waals surface area contributed by atoms with E-state index < -0.39 is 6.04 Å². The number of nitrogens with one attached hydrogen (secondary N) is 1. The highest BCUT2D eigenvalue weighted by Crippen LogP contribution is 2.12. The Morgan fingerprint density at radius 2 is 1.95 bits per heavy atom. The summed E-state index contributed by atoms with van der Waals surface area (Å²) in [5.74, 6) is 0.237. The first-order valence-corrected chi connectivity index (χ1v) is 6.62. The Kier molecular flexibility index (Phi) is 6.22. The van der Waals surface area contributed by atoms with Crippen LogP contribution in [-0.2, 0) is 16.0 Å². The van der Waals surface area contributed by atoms with Gasteiger partial charge in [-0.05, 0) is 36.5 Å². The molecule has 0 bridgehead atoms. The molecular formula is C15H22N2O2. The van der Waals surface area contributed by atoms with Crippen LogP contribution in [0.3, 0.4) is 0 Å². The highest BCUT2D eigenvalue weighted by atomic mass is 16.2. The number of hydrogen-bond acceptors (Lipinski definition) is 3. The minimum atomic E-state index is -0.477. The van der Waals surface area contributed by atoms with Crippen molar-refractivity contribution in [2.24, 2.45) is 11.7 Å². The minimum Gasteiger partial charge on any atom is -0.325 e. The Labute approximate surface area is 114 Å². The minimum absolute atomic E-state index is 0.158. The summed E-state index contributed by atoms with van der Waals surface area (Å²) in [6.07, 6.45) is 2.82. The van der Waals surface area contributed by atoms with Gasteiger partial charge in [-0.3, -0.25) is 4.79 Å². The average molecular weight is 262 g/mol. The molecule has 1 aromatic carbocycles. The molecule has 1 atom stereocenters. The number of aldehydes is 1. The Morgan fingerprint density at radius 1 is 1.32 bits per heavy atom.